The summed E-state index contributed by atoms with van der Waals surface area (Å²) in [5, 5.41) is 21.3. The standard InChI is InChI=1S/C22H25F2N5O3/c1-13(15-4-3-5-16(10-15)22(23,24)12-30)25-20-17-11-18(29-6-8-32-9-7-29)21(31)26-19(17)14(2)27-28-20/h3-5,10-11,13,30H,6-9,12H2,1-2H3,(H,25,28)(H,26,31)/t13-/m1/s1. The molecule has 0 aliphatic carbocycles. The van der Waals surface area contributed by atoms with Gasteiger partial charge in [-0.2, -0.15) is 13.9 Å². The lowest BCUT2D eigenvalue weighted by molar-refractivity contribution is -0.0556. The number of aromatic amines is 1. The van der Waals surface area contributed by atoms with Crippen molar-refractivity contribution in [3.63, 3.8) is 0 Å². The van der Waals surface area contributed by atoms with E-state index >= 15 is 0 Å². The van der Waals surface area contributed by atoms with E-state index in [1.165, 1.54) is 18.2 Å². The molecule has 3 N–H and O–H groups in total. The molecule has 1 saturated heterocycles. The van der Waals surface area contributed by atoms with Crippen molar-refractivity contribution in [3.05, 3.63) is 57.5 Å². The van der Waals surface area contributed by atoms with E-state index in [0.717, 1.165) is 0 Å². The molecular formula is C22H25F2N5O3. The fourth-order valence-electron chi connectivity index (χ4n) is 3.78. The average Bonchev–Trinajstić information content (AvgIpc) is 2.81. The number of ether oxygens (including phenoxy) is 1. The highest BCUT2D eigenvalue weighted by Gasteiger charge is 2.30. The molecule has 0 saturated carbocycles. The molecule has 1 fully saturated rings. The number of benzene rings is 1. The minimum Gasteiger partial charge on any atom is -0.390 e. The molecule has 4 rings (SSSR count). The number of hydrogen-bond acceptors (Lipinski definition) is 7. The first-order valence-corrected chi connectivity index (χ1v) is 10.4. The molecule has 1 aromatic carbocycles. The highest BCUT2D eigenvalue weighted by atomic mass is 19.3. The van der Waals surface area contributed by atoms with Crippen molar-refractivity contribution in [2.24, 2.45) is 0 Å². The summed E-state index contributed by atoms with van der Waals surface area (Å²) in [5.74, 6) is -2.89. The zero-order valence-corrected chi connectivity index (χ0v) is 17.9. The third-order valence-electron chi connectivity index (χ3n) is 5.65. The molecule has 0 bridgehead atoms. The predicted octanol–water partition coefficient (Wildman–Crippen LogP) is 2.72. The van der Waals surface area contributed by atoms with Crippen LogP contribution in [-0.2, 0) is 10.7 Å². The van der Waals surface area contributed by atoms with Crippen LogP contribution < -0.4 is 15.8 Å². The summed E-state index contributed by atoms with van der Waals surface area (Å²) in [5.41, 5.74) is 1.79. The lowest BCUT2D eigenvalue weighted by Crippen LogP contribution is -2.39. The number of H-pyrrole nitrogens is 1. The van der Waals surface area contributed by atoms with E-state index in [-0.39, 0.29) is 17.2 Å². The number of aryl methyl sites for hydroxylation is 1. The number of fused-ring (bicyclic) bond motifs is 1. The molecule has 0 radical (unpaired) electrons. The molecule has 1 aliphatic heterocycles. The van der Waals surface area contributed by atoms with E-state index in [9.17, 15) is 13.6 Å². The largest absolute Gasteiger partial charge is 0.390 e. The number of morpholine rings is 1. The molecule has 8 nitrogen and oxygen atoms in total. The Kier molecular flexibility index (Phi) is 6.07. The molecule has 3 aromatic rings. The molecule has 0 spiro atoms. The SMILES string of the molecule is Cc1nnc(N[C@H](C)c2cccc(C(F)(F)CO)c2)c2cc(N3CCOCC3)c(=O)[nH]c12. The van der Waals surface area contributed by atoms with Gasteiger partial charge in [0.2, 0.25) is 0 Å². The molecule has 0 amide bonds. The summed E-state index contributed by atoms with van der Waals surface area (Å²) in [6, 6.07) is 7.29. The summed E-state index contributed by atoms with van der Waals surface area (Å²) in [6.45, 7) is 4.62. The highest BCUT2D eigenvalue weighted by Crippen LogP contribution is 2.31. The van der Waals surface area contributed by atoms with Gasteiger partial charge in [-0.25, -0.2) is 0 Å². The maximum Gasteiger partial charge on any atom is 0.295 e. The predicted molar refractivity (Wildman–Crippen MR) is 117 cm³/mol. The molecule has 10 heteroatoms. The van der Waals surface area contributed by atoms with Crippen molar-refractivity contribution in [2.45, 2.75) is 25.8 Å². The van der Waals surface area contributed by atoms with Crippen LogP contribution in [0.2, 0.25) is 0 Å². The van der Waals surface area contributed by atoms with Crippen LogP contribution in [0.1, 0.15) is 29.8 Å². The van der Waals surface area contributed by atoms with Crippen molar-refractivity contribution < 1.29 is 18.6 Å². The topological polar surface area (TPSA) is 103 Å². The summed E-state index contributed by atoms with van der Waals surface area (Å²) >= 11 is 0. The Labute approximate surface area is 183 Å². The number of alkyl halides is 2. The summed E-state index contributed by atoms with van der Waals surface area (Å²) in [6.07, 6.45) is 0. The average molecular weight is 445 g/mol. The smallest absolute Gasteiger partial charge is 0.295 e. The van der Waals surface area contributed by atoms with Gasteiger partial charge in [-0.15, -0.1) is 5.10 Å². The van der Waals surface area contributed by atoms with Crippen LogP contribution >= 0.6 is 0 Å². The van der Waals surface area contributed by atoms with Crippen molar-refractivity contribution in [3.8, 4) is 0 Å². The Bertz CT molecular complexity index is 1180. The minimum atomic E-state index is -3.32. The molecule has 32 heavy (non-hydrogen) atoms. The van der Waals surface area contributed by atoms with Crippen molar-refractivity contribution in [1.82, 2.24) is 15.2 Å². The summed E-state index contributed by atoms with van der Waals surface area (Å²) in [7, 11) is 0. The van der Waals surface area contributed by atoms with E-state index in [4.69, 9.17) is 9.84 Å². The molecule has 0 unspecified atom stereocenters. The quantitative estimate of drug-likeness (QED) is 0.536. The van der Waals surface area contributed by atoms with E-state index in [2.05, 4.69) is 20.5 Å². The number of rotatable bonds is 6. The normalized spacial score (nSPS) is 15.7. The van der Waals surface area contributed by atoms with Gasteiger partial charge in [0.05, 0.1) is 30.5 Å². The number of aliphatic hydroxyl groups excluding tert-OH is 1. The third kappa shape index (κ3) is 4.28. The van der Waals surface area contributed by atoms with E-state index in [1.807, 2.05) is 11.8 Å². The van der Waals surface area contributed by atoms with Gasteiger partial charge in [0.25, 0.3) is 11.5 Å². The molecule has 3 heterocycles. The van der Waals surface area contributed by atoms with E-state index in [0.29, 0.717) is 60.0 Å². The summed E-state index contributed by atoms with van der Waals surface area (Å²) < 4.78 is 33.2. The number of aliphatic hydroxyl groups is 1. The van der Waals surface area contributed by atoms with Gasteiger partial charge in [-0.1, -0.05) is 18.2 Å². The Morgan fingerprint density at radius 1 is 1.28 bits per heavy atom. The third-order valence-corrected chi connectivity index (χ3v) is 5.65. The van der Waals surface area contributed by atoms with Crippen LogP contribution in [0, 0.1) is 6.92 Å². The maximum absolute atomic E-state index is 13.9. The van der Waals surface area contributed by atoms with Gasteiger partial charge in [-0.3, -0.25) is 4.79 Å². The number of nitrogens with one attached hydrogen (secondary N) is 2. The number of halogens is 2. The fourth-order valence-corrected chi connectivity index (χ4v) is 3.78. The Morgan fingerprint density at radius 3 is 2.75 bits per heavy atom. The lowest BCUT2D eigenvalue weighted by atomic mass is 10.0. The molecule has 1 aliphatic rings. The zero-order chi connectivity index (χ0) is 22.9. The van der Waals surface area contributed by atoms with Crippen molar-refractivity contribution >= 4 is 22.4 Å². The number of nitrogens with zero attached hydrogens (tertiary/aromatic N) is 3. The fraction of sp³-hybridized carbons (Fsp3) is 0.409. The Hall–Kier alpha value is -3.11. The van der Waals surface area contributed by atoms with Gasteiger partial charge in [-0.05, 0) is 31.5 Å². The van der Waals surface area contributed by atoms with Gasteiger partial charge in [0.15, 0.2) is 5.82 Å². The second kappa shape index (κ2) is 8.79. The van der Waals surface area contributed by atoms with Crippen LogP contribution in [0.3, 0.4) is 0 Å². The molecule has 1 atom stereocenters. The van der Waals surface area contributed by atoms with Crippen molar-refractivity contribution in [1.29, 1.82) is 0 Å². The maximum atomic E-state index is 13.9. The first-order chi connectivity index (χ1) is 15.3. The van der Waals surface area contributed by atoms with Crippen LogP contribution in [0.15, 0.2) is 35.1 Å². The highest BCUT2D eigenvalue weighted by molar-refractivity contribution is 5.92. The van der Waals surface area contributed by atoms with E-state index < -0.39 is 12.5 Å². The molecule has 2 aromatic heterocycles. The summed E-state index contributed by atoms with van der Waals surface area (Å²) in [4.78, 5) is 17.6. The molecular weight excluding hydrogens is 420 g/mol. The van der Waals surface area contributed by atoms with Crippen molar-refractivity contribution in [2.75, 3.05) is 43.1 Å². The Balaban J connectivity index is 1.71. The van der Waals surface area contributed by atoms with Gasteiger partial charge < -0.3 is 25.0 Å². The Morgan fingerprint density at radius 2 is 2.03 bits per heavy atom. The van der Waals surface area contributed by atoms with Crippen LogP contribution in [-0.4, -0.2) is 53.2 Å². The van der Waals surface area contributed by atoms with E-state index in [1.54, 1.807) is 19.1 Å². The van der Waals surface area contributed by atoms with Gasteiger partial charge in [0.1, 0.15) is 12.3 Å². The lowest BCUT2D eigenvalue weighted by Gasteiger charge is -2.28. The first-order valence-electron chi connectivity index (χ1n) is 10.4. The number of aromatic nitrogens is 3. The minimum absolute atomic E-state index is 0.214. The first kappa shape index (κ1) is 22.1. The van der Waals surface area contributed by atoms with Crippen LogP contribution in [0.5, 0.6) is 0 Å². The van der Waals surface area contributed by atoms with Gasteiger partial charge >= 0.3 is 0 Å². The number of anilines is 2. The van der Waals surface area contributed by atoms with Gasteiger partial charge in [0, 0.05) is 24.0 Å². The second-order valence-electron chi connectivity index (χ2n) is 7.86. The second-order valence-corrected chi connectivity index (χ2v) is 7.86. The van der Waals surface area contributed by atoms with Crippen LogP contribution in [0.4, 0.5) is 20.3 Å². The molecule has 170 valence electrons. The van der Waals surface area contributed by atoms with Crippen LogP contribution in [0.25, 0.3) is 10.9 Å². The number of hydrogen-bond donors (Lipinski definition) is 3. The zero-order valence-electron chi connectivity index (χ0n) is 17.9. The monoisotopic (exact) mass is 445 g/mol. The number of pyridine rings is 1.